The smallest absolute Gasteiger partial charge is 0.412 e. The Balaban J connectivity index is 1.68. The summed E-state index contributed by atoms with van der Waals surface area (Å²) in [6, 6.07) is 17.5. The highest BCUT2D eigenvalue weighted by Gasteiger charge is 2.28. The first-order valence-corrected chi connectivity index (χ1v) is 12.1. The van der Waals surface area contributed by atoms with Crippen LogP contribution >= 0.6 is 15.9 Å². The van der Waals surface area contributed by atoms with E-state index in [9.17, 15) is 19.1 Å². The van der Waals surface area contributed by atoms with Crippen molar-refractivity contribution in [2.75, 3.05) is 23.5 Å². The average molecular weight is 572 g/mol. The zero-order valence-corrected chi connectivity index (χ0v) is 21.6. The molecule has 0 fully saturated rings. The van der Waals surface area contributed by atoms with Crippen molar-refractivity contribution in [3.63, 3.8) is 0 Å². The summed E-state index contributed by atoms with van der Waals surface area (Å²) in [5.74, 6) is -1.73. The summed E-state index contributed by atoms with van der Waals surface area (Å²) in [6.45, 7) is 0. The molecule has 0 aliphatic heterocycles. The quantitative estimate of drug-likeness (QED) is 0.171. The van der Waals surface area contributed by atoms with Crippen molar-refractivity contribution >= 4 is 45.0 Å². The molecule has 3 rings (SSSR count). The number of hydrogen-bond acceptors (Lipinski definition) is 6. The number of aromatic hydroxyl groups is 1. The normalized spacial score (nSPS) is 12.6. The van der Waals surface area contributed by atoms with Crippen molar-refractivity contribution in [1.29, 1.82) is 0 Å². The summed E-state index contributed by atoms with van der Waals surface area (Å²) >= 11 is 3.33. The van der Waals surface area contributed by atoms with E-state index in [4.69, 9.17) is 15.2 Å². The van der Waals surface area contributed by atoms with Crippen molar-refractivity contribution in [2.45, 2.75) is 25.0 Å². The number of allylic oxidation sites excluding steroid dienone is 1. The molecule has 0 heterocycles. The van der Waals surface area contributed by atoms with Crippen molar-refractivity contribution in [2.24, 2.45) is 0 Å². The van der Waals surface area contributed by atoms with Gasteiger partial charge in [-0.25, -0.2) is 9.18 Å². The number of carbonyl (C=O) groups is 2. The fraction of sp³-hybridized carbons (Fsp3) is 0.185. The maximum absolute atomic E-state index is 14.1. The first kappa shape index (κ1) is 27.7. The van der Waals surface area contributed by atoms with E-state index < -0.39 is 29.9 Å². The second-order valence-electron chi connectivity index (χ2n) is 8.00. The molecule has 5 N–H and O–H groups in total. The van der Waals surface area contributed by atoms with Gasteiger partial charge in [0.1, 0.15) is 0 Å². The molecular formula is C27H27BrFN3O5. The van der Waals surface area contributed by atoms with E-state index in [0.717, 1.165) is 10.5 Å². The van der Waals surface area contributed by atoms with E-state index in [0.29, 0.717) is 35.5 Å². The van der Waals surface area contributed by atoms with Crippen LogP contribution in [-0.2, 0) is 14.3 Å². The summed E-state index contributed by atoms with van der Waals surface area (Å²) in [5.41, 5.74) is 7.60. The lowest BCUT2D eigenvalue weighted by Crippen LogP contribution is -2.28. The predicted molar refractivity (Wildman–Crippen MR) is 144 cm³/mol. The third-order valence-corrected chi connectivity index (χ3v) is 5.90. The minimum Gasteiger partial charge on any atom is -0.505 e. The molecule has 0 unspecified atom stereocenters. The molecule has 37 heavy (non-hydrogen) atoms. The van der Waals surface area contributed by atoms with Gasteiger partial charge in [-0.15, -0.1) is 0 Å². The summed E-state index contributed by atoms with van der Waals surface area (Å²) in [5, 5.41) is 14.9. The highest BCUT2D eigenvalue weighted by molar-refractivity contribution is 9.10. The van der Waals surface area contributed by atoms with Crippen molar-refractivity contribution in [3.8, 4) is 5.75 Å². The number of carbonyl (C=O) groups excluding carboxylic acids is 2. The largest absolute Gasteiger partial charge is 0.505 e. The Morgan fingerprint density at radius 2 is 1.84 bits per heavy atom. The number of amides is 2. The Bertz CT molecular complexity index is 1250. The number of halogens is 2. The third kappa shape index (κ3) is 8.33. The van der Waals surface area contributed by atoms with E-state index in [1.807, 2.05) is 0 Å². The number of nitrogens with one attached hydrogen (secondary N) is 2. The van der Waals surface area contributed by atoms with E-state index in [1.165, 1.54) is 25.3 Å². The molecule has 8 nitrogen and oxygen atoms in total. The van der Waals surface area contributed by atoms with Crippen molar-refractivity contribution < 1.29 is 28.6 Å². The molecule has 0 aromatic heterocycles. The highest BCUT2D eigenvalue weighted by atomic mass is 79.9. The number of benzene rings is 3. The molecule has 0 bridgehead atoms. The molecule has 0 aliphatic rings. The minimum atomic E-state index is -0.998. The van der Waals surface area contributed by atoms with Gasteiger partial charge in [0.15, 0.2) is 17.7 Å². The summed E-state index contributed by atoms with van der Waals surface area (Å²) in [6.07, 6.45) is 1.31. The van der Waals surface area contributed by atoms with Crippen LogP contribution in [0.2, 0.25) is 0 Å². The topological polar surface area (TPSA) is 123 Å². The summed E-state index contributed by atoms with van der Waals surface area (Å²) in [7, 11) is 1.44. The van der Waals surface area contributed by atoms with Crippen LogP contribution in [0.5, 0.6) is 5.75 Å². The van der Waals surface area contributed by atoms with Gasteiger partial charge in [-0.2, -0.15) is 0 Å². The monoisotopic (exact) mass is 571 g/mol. The Labute approximate surface area is 222 Å². The number of phenolic OH excluding ortho intramolecular Hbond substituents is 1. The van der Waals surface area contributed by atoms with Gasteiger partial charge in [0.25, 0.3) is 0 Å². The Morgan fingerprint density at radius 1 is 1.11 bits per heavy atom. The third-order valence-electron chi connectivity index (χ3n) is 5.37. The number of ether oxygens (including phenoxy) is 2. The zero-order valence-electron chi connectivity index (χ0n) is 20.0. The molecule has 2 amide bonds. The van der Waals surface area contributed by atoms with Crippen LogP contribution in [0, 0.1) is 5.82 Å². The fourth-order valence-corrected chi connectivity index (χ4v) is 3.75. The molecular weight excluding hydrogens is 545 g/mol. The van der Waals surface area contributed by atoms with Crippen LogP contribution < -0.4 is 16.4 Å². The molecule has 0 spiro atoms. The number of methoxy groups -OCH3 is 1. The van der Waals surface area contributed by atoms with Crippen LogP contribution in [-0.4, -0.2) is 30.3 Å². The van der Waals surface area contributed by atoms with Gasteiger partial charge in [0, 0.05) is 17.3 Å². The first-order valence-electron chi connectivity index (χ1n) is 11.3. The molecule has 3 aromatic carbocycles. The second kappa shape index (κ2) is 13.4. The maximum Gasteiger partial charge on any atom is 0.412 e. The number of anilines is 3. The molecule has 2 atom stereocenters. The van der Waals surface area contributed by atoms with Gasteiger partial charge in [-0.1, -0.05) is 40.2 Å². The van der Waals surface area contributed by atoms with Crippen LogP contribution in [0.15, 0.2) is 83.4 Å². The lowest BCUT2D eigenvalue weighted by Gasteiger charge is -2.26. The van der Waals surface area contributed by atoms with Crippen LogP contribution in [0.1, 0.15) is 24.5 Å². The van der Waals surface area contributed by atoms with Gasteiger partial charge in [0.05, 0.1) is 17.5 Å². The van der Waals surface area contributed by atoms with Gasteiger partial charge in [-0.3, -0.25) is 10.1 Å². The maximum atomic E-state index is 14.1. The van der Waals surface area contributed by atoms with E-state index >= 15 is 0 Å². The SMILES string of the molecule is CO[C@@H](CC/C=C/C(=O)Nc1ccccc1N)[C@@H](OC(=O)Nc1ccc(Br)cc1)c1ccc(O)c(F)c1. The van der Waals surface area contributed by atoms with E-state index in [2.05, 4.69) is 26.6 Å². The Hall–Kier alpha value is -3.89. The van der Waals surface area contributed by atoms with Crippen molar-refractivity contribution in [3.05, 3.63) is 94.7 Å². The van der Waals surface area contributed by atoms with Crippen molar-refractivity contribution in [1.82, 2.24) is 0 Å². The Morgan fingerprint density at radius 3 is 2.51 bits per heavy atom. The van der Waals surface area contributed by atoms with Gasteiger partial charge < -0.3 is 25.6 Å². The molecule has 10 heteroatoms. The number of nitrogens with two attached hydrogens (primary N) is 1. The molecule has 0 saturated carbocycles. The highest BCUT2D eigenvalue weighted by Crippen LogP contribution is 2.30. The number of phenols is 1. The molecule has 0 aliphatic carbocycles. The molecule has 3 aromatic rings. The number of rotatable bonds is 10. The van der Waals surface area contributed by atoms with Gasteiger partial charge in [-0.05, 0) is 73.0 Å². The number of para-hydroxylation sites is 2. The molecule has 0 saturated heterocycles. The summed E-state index contributed by atoms with van der Waals surface area (Å²) in [4.78, 5) is 24.9. The average Bonchev–Trinajstić information content (AvgIpc) is 2.87. The fourth-order valence-electron chi connectivity index (χ4n) is 3.48. The predicted octanol–water partition coefficient (Wildman–Crippen LogP) is 6.16. The lowest BCUT2D eigenvalue weighted by molar-refractivity contribution is -0.111. The van der Waals surface area contributed by atoms with Gasteiger partial charge >= 0.3 is 6.09 Å². The second-order valence-corrected chi connectivity index (χ2v) is 8.91. The molecule has 0 radical (unpaired) electrons. The van der Waals surface area contributed by atoms with E-state index in [-0.39, 0.29) is 5.91 Å². The standard InChI is InChI=1S/C27H27BrFN3O5/c1-36-24(8-4-5-9-25(34)32-22-7-3-2-6-21(22)30)26(17-10-15-23(33)20(29)16-17)37-27(35)31-19-13-11-18(28)12-14-19/h2-3,5-7,9-16,24,26,33H,4,8,30H2,1H3,(H,31,35)(H,32,34)/b9-5+/t24-,26-/m0/s1. The van der Waals surface area contributed by atoms with Crippen LogP contribution in [0.4, 0.5) is 26.2 Å². The molecule has 194 valence electrons. The number of hydrogen-bond donors (Lipinski definition) is 4. The zero-order chi connectivity index (χ0) is 26.8. The first-order chi connectivity index (χ1) is 17.8. The lowest BCUT2D eigenvalue weighted by atomic mass is 10.00. The summed E-state index contributed by atoms with van der Waals surface area (Å²) < 4.78 is 26.2. The van der Waals surface area contributed by atoms with Gasteiger partial charge in [0.2, 0.25) is 5.91 Å². The minimum absolute atomic E-state index is 0.300. The van der Waals surface area contributed by atoms with Crippen LogP contribution in [0.3, 0.4) is 0 Å². The Kier molecular flexibility index (Phi) is 10.0. The van der Waals surface area contributed by atoms with Crippen LogP contribution in [0.25, 0.3) is 0 Å². The number of nitrogen functional groups attached to an aromatic ring is 1. The van der Waals surface area contributed by atoms with E-state index in [1.54, 1.807) is 54.6 Å².